The van der Waals surface area contributed by atoms with E-state index in [0.717, 1.165) is 39.1 Å². The molecule has 0 bridgehead atoms. The van der Waals surface area contributed by atoms with Gasteiger partial charge in [0.2, 0.25) is 0 Å². The normalized spacial score (nSPS) is 18.5. The Bertz CT molecular complexity index is 216. The molecule has 0 radical (unpaired) electrons. The van der Waals surface area contributed by atoms with Crippen LogP contribution in [0.4, 0.5) is 0 Å². The monoisotopic (exact) mass is 243 g/mol. The van der Waals surface area contributed by atoms with E-state index in [2.05, 4.69) is 22.2 Å². The lowest BCUT2D eigenvalue weighted by molar-refractivity contribution is -0.122. The van der Waals surface area contributed by atoms with Crippen LogP contribution in [0.25, 0.3) is 0 Å². The lowest BCUT2D eigenvalue weighted by Crippen LogP contribution is -2.44. The molecule has 1 heterocycles. The van der Waals surface area contributed by atoms with Crippen LogP contribution in [-0.4, -0.2) is 82.2 Å². The molecule has 1 fully saturated rings. The lowest BCUT2D eigenvalue weighted by Gasteiger charge is -2.32. The summed E-state index contributed by atoms with van der Waals surface area (Å²) in [4.78, 5) is 15.9. The zero-order valence-corrected chi connectivity index (χ0v) is 11.1. The van der Waals surface area contributed by atoms with Gasteiger partial charge in [-0.25, -0.2) is 0 Å². The predicted molar refractivity (Wildman–Crippen MR) is 68.3 cm³/mol. The summed E-state index contributed by atoms with van der Waals surface area (Å²) in [6.07, 6.45) is 1.01. The fourth-order valence-electron chi connectivity index (χ4n) is 1.90. The zero-order valence-electron chi connectivity index (χ0n) is 11.1. The fourth-order valence-corrected chi connectivity index (χ4v) is 1.90. The van der Waals surface area contributed by atoms with Crippen LogP contribution < -0.4 is 5.32 Å². The van der Waals surface area contributed by atoms with E-state index in [4.69, 9.17) is 4.74 Å². The number of hydrogen-bond acceptors (Lipinski definition) is 5. The second kappa shape index (κ2) is 8.58. The predicted octanol–water partition coefficient (Wildman–Crippen LogP) is -0.571. The SMILES string of the molecule is CNCC(=O)COCCCN1CCN(C)CC1. The first-order valence-corrected chi connectivity index (χ1v) is 6.37. The molecule has 1 saturated heterocycles. The van der Waals surface area contributed by atoms with E-state index in [0.29, 0.717) is 13.2 Å². The maximum atomic E-state index is 11.1. The van der Waals surface area contributed by atoms with E-state index in [1.165, 1.54) is 0 Å². The highest BCUT2D eigenvalue weighted by molar-refractivity contribution is 5.81. The van der Waals surface area contributed by atoms with Gasteiger partial charge in [0.05, 0.1) is 6.54 Å². The number of ether oxygens (including phenoxy) is 1. The Balaban J connectivity index is 1.92. The average molecular weight is 243 g/mol. The van der Waals surface area contributed by atoms with E-state index in [1.54, 1.807) is 7.05 Å². The number of carbonyl (C=O) groups is 1. The van der Waals surface area contributed by atoms with Crippen LogP contribution in [0.15, 0.2) is 0 Å². The molecule has 0 amide bonds. The average Bonchev–Trinajstić information content (AvgIpc) is 2.31. The zero-order chi connectivity index (χ0) is 12.5. The van der Waals surface area contributed by atoms with Gasteiger partial charge in [-0.05, 0) is 20.5 Å². The van der Waals surface area contributed by atoms with Crippen molar-refractivity contribution < 1.29 is 9.53 Å². The van der Waals surface area contributed by atoms with Gasteiger partial charge < -0.3 is 19.9 Å². The summed E-state index contributed by atoms with van der Waals surface area (Å²) >= 11 is 0. The van der Waals surface area contributed by atoms with E-state index in [9.17, 15) is 4.79 Å². The van der Waals surface area contributed by atoms with Crippen LogP contribution in [-0.2, 0) is 9.53 Å². The molecule has 0 aromatic heterocycles. The third-order valence-corrected chi connectivity index (χ3v) is 3.00. The number of hydrogen-bond donors (Lipinski definition) is 1. The Labute approximate surface area is 104 Å². The molecule has 0 aliphatic carbocycles. The van der Waals surface area contributed by atoms with Gasteiger partial charge in [0.15, 0.2) is 5.78 Å². The first-order valence-electron chi connectivity index (χ1n) is 6.37. The summed E-state index contributed by atoms with van der Waals surface area (Å²) in [5, 5.41) is 2.82. The standard InChI is InChI=1S/C12H25N3O2/c1-13-10-12(16)11-17-9-3-4-15-7-5-14(2)6-8-15/h13H,3-11H2,1-2H3. The summed E-state index contributed by atoms with van der Waals surface area (Å²) in [7, 11) is 3.93. The Kier molecular flexibility index (Phi) is 7.35. The summed E-state index contributed by atoms with van der Waals surface area (Å²) in [6.45, 7) is 7.01. The smallest absolute Gasteiger partial charge is 0.172 e. The van der Waals surface area contributed by atoms with Crippen LogP contribution in [0, 0.1) is 0 Å². The molecule has 5 nitrogen and oxygen atoms in total. The summed E-state index contributed by atoms with van der Waals surface area (Å²) in [5.74, 6) is 0.118. The van der Waals surface area contributed by atoms with Crippen molar-refractivity contribution in [1.82, 2.24) is 15.1 Å². The molecule has 0 aromatic carbocycles. The fraction of sp³-hybridized carbons (Fsp3) is 0.917. The summed E-state index contributed by atoms with van der Waals surface area (Å²) in [6, 6.07) is 0. The molecule has 17 heavy (non-hydrogen) atoms. The van der Waals surface area contributed by atoms with E-state index < -0.39 is 0 Å². The molecule has 0 saturated carbocycles. The number of ketones is 1. The molecule has 5 heteroatoms. The highest BCUT2D eigenvalue weighted by Crippen LogP contribution is 1.99. The van der Waals surface area contributed by atoms with Crippen LogP contribution in [0.1, 0.15) is 6.42 Å². The molecule has 1 rings (SSSR count). The molecule has 1 aliphatic heterocycles. The second-order valence-corrected chi connectivity index (χ2v) is 4.62. The van der Waals surface area contributed by atoms with Crippen molar-refractivity contribution in [2.75, 3.05) is 66.6 Å². The van der Waals surface area contributed by atoms with Gasteiger partial charge in [-0.2, -0.15) is 0 Å². The van der Waals surface area contributed by atoms with E-state index >= 15 is 0 Å². The Morgan fingerprint density at radius 1 is 1.29 bits per heavy atom. The number of Topliss-reactive ketones (excluding diaryl/α,β-unsaturated/α-hetero) is 1. The Morgan fingerprint density at radius 2 is 2.00 bits per heavy atom. The minimum Gasteiger partial charge on any atom is -0.374 e. The topological polar surface area (TPSA) is 44.8 Å². The van der Waals surface area contributed by atoms with Crippen molar-refractivity contribution in [3.05, 3.63) is 0 Å². The minimum absolute atomic E-state index is 0.118. The van der Waals surface area contributed by atoms with Crippen molar-refractivity contribution >= 4 is 5.78 Å². The second-order valence-electron chi connectivity index (χ2n) is 4.62. The molecule has 1 aliphatic rings. The molecule has 1 N–H and O–H groups in total. The molecular weight excluding hydrogens is 218 g/mol. The van der Waals surface area contributed by atoms with Crippen molar-refractivity contribution in [3.63, 3.8) is 0 Å². The molecule has 0 unspecified atom stereocenters. The Morgan fingerprint density at radius 3 is 2.65 bits per heavy atom. The van der Waals surface area contributed by atoms with Crippen molar-refractivity contribution in [1.29, 1.82) is 0 Å². The first kappa shape index (κ1) is 14.6. The summed E-state index contributed by atoms with van der Waals surface area (Å²) < 4.78 is 5.33. The number of nitrogens with zero attached hydrogens (tertiary/aromatic N) is 2. The van der Waals surface area contributed by atoms with Gasteiger partial charge in [0.1, 0.15) is 6.61 Å². The highest BCUT2D eigenvalue weighted by Gasteiger charge is 2.12. The number of nitrogens with one attached hydrogen (secondary N) is 1. The van der Waals surface area contributed by atoms with Crippen molar-refractivity contribution in [2.24, 2.45) is 0 Å². The van der Waals surface area contributed by atoms with Crippen molar-refractivity contribution in [2.45, 2.75) is 6.42 Å². The molecular formula is C12H25N3O2. The number of rotatable bonds is 8. The van der Waals surface area contributed by atoms with Crippen molar-refractivity contribution in [3.8, 4) is 0 Å². The third kappa shape index (κ3) is 6.73. The van der Waals surface area contributed by atoms with Crippen LogP contribution >= 0.6 is 0 Å². The maximum Gasteiger partial charge on any atom is 0.172 e. The molecule has 0 aromatic rings. The van der Waals surface area contributed by atoms with E-state index in [-0.39, 0.29) is 12.4 Å². The quantitative estimate of drug-likeness (QED) is 0.578. The van der Waals surface area contributed by atoms with Gasteiger partial charge in [-0.15, -0.1) is 0 Å². The molecule has 0 spiro atoms. The maximum absolute atomic E-state index is 11.1. The first-order chi connectivity index (χ1) is 8.22. The van der Waals surface area contributed by atoms with Gasteiger partial charge in [-0.3, -0.25) is 4.79 Å². The van der Waals surface area contributed by atoms with Gasteiger partial charge in [-0.1, -0.05) is 0 Å². The lowest BCUT2D eigenvalue weighted by atomic mass is 10.3. The largest absolute Gasteiger partial charge is 0.374 e. The van der Waals surface area contributed by atoms with Crippen LogP contribution in [0.5, 0.6) is 0 Å². The third-order valence-electron chi connectivity index (χ3n) is 3.00. The summed E-state index contributed by atoms with van der Waals surface area (Å²) in [5.41, 5.74) is 0. The molecule has 100 valence electrons. The van der Waals surface area contributed by atoms with Crippen LogP contribution in [0.3, 0.4) is 0 Å². The van der Waals surface area contributed by atoms with Gasteiger partial charge >= 0.3 is 0 Å². The molecule has 0 atom stereocenters. The van der Waals surface area contributed by atoms with Crippen LogP contribution in [0.2, 0.25) is 0 Å². The number of likely N-dealkylation sites (N-methyl/N-ethyl adjacent to an activating group) is 2. The number of piperazine rings is 1. The van der Waals surface area contributed by atoms with Gasteiger partial charge in [0, 0.05) is 39.3 Å². The minimum atomic E-state index is 0.118. The van der Waals surface area contributed by atoms with E-state index in [1.807, 2.05) is 0 Å². The van der Waals surface area contributed by atoms with Gasteiger partial charge in [0.25, 0.3) is 0 Å². The Hall–Kier alpha value is -0.490. The highest BCUT2D eigenvalue weighted by atomic mass is 16.5. The number of carbonyl (C=O) groups excluding carboxylic acids is 1.